The number of hydrogen-bond acceptors (Lipinski definition) is 6. The molecule has 1 aromatic heterocycles. The smallest absolute Gasteiger partial charge is 0.329 e. The first-order valence-electron chi connectivity index (χ1n) is 5.18. The van der Waals surface area contributed by atoms with Gasteiger partial charge in [-0.25, -0.2) is 22.5 Å². The van der Waals surface area contributed by atoms with Gasteiger partial charge in [-0.15, -0.1) is 0 Å². The van der Waals surface area contributed by atoms with E-state index in [0.717, 1.165) is 0 Å². The Kier molecular flexibility index (Phi) is 3.56. The molecule has 0 atom stereocenters. The van der Waals surface area contributed by atoms with Gasteiger partial charge in [-0.2, -0.15) is 4.98 Å². The Morgan fingerprint density at radius 2 is 1.76 bits per heavy atom. The molecule has 0 saturated heterocycles. The van der Waals surface area contributed by atoms with E-state index in [2.05, 4.69) is 9.97 Å². The van der Waals surface area contributed by atoms with Crippen molar-refractivity contribution >= 4 is 23.1 Å². The summed E-state index contributed by atoms with van der Waals surface area (Å²) in [5.74, 6) is -8.04. The van der Waals surface area contributed by atoms with Crippen LogP contribution in [0, 0.1) is 33.4 Å². The van der Waals surface area contributed by atoms with E-state index in [1.54, 1.807) is 0 Å². The summed E-state index contributed by atoms with van der Waals surface area (Å²) < 4.78 is 53.0. The topological polar surface area (TPSA) is 107 Å². The third kappa shape index (κ3) is 2.66. The molecule has 0 saturated carbocycles. The van der Waals surface area contributed by atoms with Crippen LogP contribution < -0.4 is 11.1 Å². The molecule has 0 unspecified atom stereocenters. The Hall–Kier alpha value is -2.98. The zero-order valence-electron chi connectivity index (χ0n) is 9.90. The summed E-state index contributed by atoms with van der Waals surface area (Å²) in [5.41, 5.74) is 3.14. The van der Waals surface area contributed by atoms with Crippen LogP contribution >= 0.6 is 0 Å². The molecule has 0 aliphatic rings. The van der Waals surface area contributed by atoms with Gasteiger partial charge in [-0.3, -0.25) is 10.1 Å². The van der Waals surface area contributed by atoms with Gasteiger partial charge in [0.05, 0.1) is 4.92 Å². The van der Waals surface area contributed by atoms with Gasteiger partial charge in [-0.05, 0) is 0 Å². The Balaban J connectivity index is 2.58. The molecule has 2 rings (SSSR count). The summed E-state index contributed by atoms with van der Waals surface area (Å²) in [6.45, 7) is 0. The predicted molar refractivity (Wildman–Crippen MR) is 62.7 cm³/mol. The van der Waals surface area contributed by atoms with Crippen LogP contribution in [-0.2, 0) is 0 Å². The van der Waals surface area contributed by atoms with Crippen molar-refractivity contribution in [2.75, 3.05) is 11.1 Å². The van der Waals surface area contributed by atoms with Crippen molar-refractivity contribution in [1.82, 2.24) is 9.97 Å². The first-order valence-corrected chi connectivity index (χ1v) is 5.18. The van der Waals surface area contributed by atoms with Crippen molar-refractivity contribution in [2.24, 2.45) is 0 Å². The summed E-state index contributed by atoms with van der Waals surface area (Å²) in [6, 6.07) is -0.00139. The molecule has 2 aromatic rings. The monoisotopic (exact) mass is 303 g/mol. The zero-order valence-corrected chi connectivity index (χ0v) is 9.90. The molecule has 0 amide bonds. The van der Waals surface area contributed by atoms with Gasteiger partial charge in [0.1, 0.15) is 11.9 Å². The van der Waals surface area contributed by atoms with Crippen molar-refractivity contribution < 1.29 is 22.5 Å². The molecule has 3 N–H and O–H groups in total. The Morgan fingerprint density at radius 1 is 1.19 bits per heavy atom. The average Bonchev–Trinajstić information content (AvgIpc) is 2.41. The van der Waals surface area contributed by atoms with Gasteiger partial charge in [0, 0.05) is 6.07 Å². The van der Waals surface area contributed by atoms with Gasteiger partial charge < -0.3 is 11.1 Å². The van der Waals surface area contributed by atoms with E-state index in [4.69, 9.17) is 5.73 Å². The lowest BCUT2D eigenvalue weighted by atomic mass is 10.2. The Bertz CT molecular complexity index is 714. The van der Waals surface area contributed by atoms with Gasteiger partial charge in [0.15, 0.2) is 23.3 Å². The maximum Gasteiger partial charge on any atom is 0.329 e. The molecule has 7 nitrogen and oxygen atoms in total. The SMILES string of the molecule is Nc1ncc([N+](=O)[O-])c(Nc2c(F)c(F)cc(F)c2F)n1. The quantitative estimate of drug-likeness (QED) is 0.390. The van der Waals surface area contributed by atoms with E-state index in [1.807, 2.05) is 5.32 Å². The van der Waals surface area contributed by atoms with Crippen molar-refractivity contribution in [1.29, 1.82) is 0 Å². The molecule has 11 heteroatoms. The Labute approximate surface area is 113 Å². The predicted octanol–water partition coefficient (Wildman–Crippen LogP) is 2.27. The van der Waals surface area contributed by atoms with Crippen molar-refractivity contribution in [3.05, 3.63) is 45.6 Å². The highest BCUT2D eigenvalue weighted by Gasteiger charge is 2.23. The minimum atomic E-state index is -1.76. The van der Waals surface area contributed by atoms with Crippen LogP contribution in [0.1, 0.15) is 0 Å². The highest BCUT2D eigenvalue weighted by molar-refractivity contribution is 5.66. The first kappa shape index (κ1) is 14.4. The summed E-state index contributed by atoms with van der Waals surface area (Å²) in [4.78, 5) is 16.5. The fraction of sp³-hybridized carbons (Fsp3) is 0. The zero-order chi connectivity index (χ0) is 15.7. The van der Waals surface area contributed by atoms with Crippen molar-refractivity contribution in [3.8, 4) is 0 Å². The van der Waals surface area contributed by atoms with Crippen LogP contribution in [0.5, 0.6) is 0 Å². The third-order valence-electron chi connectivity index (χ3n) is 2.34. The lowest BCUT2D eigenvalue weighted by Crippen LogP contribution is -2.08. The van der Waals surface area contributed by atoms with Crippen LogP contribution in [0.4, 0.5) is 40.7 Å². The van der Waals surface area contributed by atoms with Crippen LogP contribution in [0.3, 0.4) is 0 Å². The number of aromatic nitrogens is 2. The minimum Gasteiger partial charge on any atom is -0.368 e. The standard InChI is InChI=1S/C10H5F4N5O2/c11-3-1-4(12)7(14)8(6(3)13)17-9-5(19(20)21)2-16-10(15)18-9/h1-2H,(H3,15,16,17,18). The normalized spacial score (nSPS) is 10.5. The van der Waals surface area contributed by atoms with Crippen molar-refractivity contribution in [2.45, 2.75) is 0 Å². The molecular formula is C10H5F4N5O2. The maximum absolute atomic E-state index is 13.5. The van der Waals surface area contributed by atoms with Gasteiger partial charge in [-0.1, -0.05) is 0 Å². The fourth-order valence-electron chi connectivity index (χ4n) is 1.42. The molecule has 0 radical (unpaired) electrons. The summed E-state index contributed by atoms with van der Waals surface area (Å²) in [5, 5.41) is 12.5. The van der Waals surface area contributed by atoms with Crippen molar-refractivity contribution in [3.63, 3.8) is 0 Å². The number of nitrogen functional groups attached to an aromatic ring is 1. The second-order valence-corrected chi connectivity index (χ2v) is 3.69. The van der Waals surface area contributed by atoms with Gasteiger partial charge >= 0.3 is 5.69 Å². The number of nitrogens with zero attached hydrogens (tertiary/aromatic N) is 3. The van der Waals surface area contributed by atoms with Crippen LogP contribution in [-0.4, -0.2) is 14.9 Å². The highest BCUT2D eigenvalue weighted by Crippen LogP contribution is 2.30. The largest absolute Gasteiger partial charge is 0.368 e. The first-order chi connectivity index (χ1) is 9.81. The second kappa shape index (κ2) is 5.19. The molecule has 0 fully saturated rings. The molecule has 0 spiro atoms. The molecule has 1 heterocycles. The van der Waals surface area contributed by atoms with Crippen LogP contribution in [0.15, 0.2) is 12.3 Å². The van der Waals surface area contributed by atoms with E-state index >= 15 is 0 Å². The van der Waals surface area contributed by atoms with E-state index < -0.39 is 51.3 Å². The average molecular weight is 303 g/mol. The molecule has 21 heavy (non-hydrogen) atoms. The number of halogens is 4. The number of hydrogen-bond donors (Lipinski definition) is 2. The number of rotatable bonds is 3. The van der Waals surface area contributed by atoms with E-state index in [-0.39, 0.29) is 6.07 Å². The number of nitro groups is 1. The number of benzene rings is 1. The lowest BCUT2D eigenvalue weighted by molar-refractivity contribution is -0.384. The summed E-state index contributed by atoms with van der Waals surface area (Å²) >= 11 is 0. The summed E-state index contributed by atoms with van der Waals surface area (Å²) in [6.07, 6.45) is 0.677. The van der Waals surface area contributed by atoms with E-state index in [1.165, 1.54) is 0 Å². The number of nitrogens with two attached hydrogens (primary N) is 1. The Morgan fingerprint density at radius 3 is 2.29 bits per heavy atom. The van der Waals surface area contributed by atoms with Gasteiger partial charge in [0.2, 0.25) is 11.8 Å². The highest BCUT2D eigenvalue weighted by atomic mass is 19.2. The molecule has 110 valence electrons. The van der Waals surface area contributed by atoms with Gasteiger partial charge in [0.25, 0.3) is 0 Å². The third-order valence-corrected chi connectivity index (χ3v) is 2.34. The summed E-state index contributed by atoms with van der Waals surface area (Å²) in [7, 11) is 0. The molecular weight excluding hydrogens is 298 g/mol. The maximum atomic E-state index is 13.5. The minimum absolute atomic E-state index is 0.00139. The van der Waals surface area contributed by atoms with Crippen LogP contribution in [0.25, 0.3) is 0 Å². The molecule has 1 aromatic carbocycles. The number of anilines is 3. The molecule has 0 aliphatic heterocycles. The fourth-order valence-corrected chi connectivity index (χ4v) is 1.42. The molecule has 0 bridgehead atoms. The molecule has 0 aliphatic carbocycles. The number of nitrogens with one attached hydrogen (secondary N) is 1. The van der Waals surface area contributed by atoms with E-state index in [9.17, 15) is 27.7 Å². The van der Waals surface area contributed by atoms with E-state index in [0.29, 0.717) is 6.20 Å². The second-order valence-electron chi connectivity index (χ2n) is 3.69. The van der Waals surface area contributed by atoms with Crippen LogP contribution in [0.2, 0.25) is 0 Å². The lowest BCUT2D eigenvalue weighted by Gasteiger charge is -2.09.